The maximum absolute atomic E-state index is 16.2. The van der Waals surface area contributed by atoms with E-state index < -0.39 is 113 Å². The van der Waals surface area contributed by atoms with Crippen LogP contribution in [0.4, 0.5) is 0 Å². The number of ketones is 2. The molecule has 3 aromatic rings. The molecule has 20 nitrogen and oxygen atoms in total. The Hall–Kier alpha value is -7.20. The Morgan fingerprint density at radius 3 is 2.21 bits per heavy atom. The second kappa shape index (κ2) is 21.0. The van der Waals surface area contributed by atoms with Crippen LogP contribution in [0.3, 0.4) is 0 Å². The van der Waals surface area contributed by atoms with Gasteiger partial charge in [0.2, 0.25) is 24.7 Å². The van der Waals surface area contributed by atoms with Gasteiger partial charge < -0.3 is 78.2 Å². The van der Waals surface area contributed by atoms with E-state index in [2.05, 4.69) is 11.4 Å². The van der Waals surface area contributed by atoms with E-state index in [0.29, 0.717) is 57.9 Å². The van der Waals surface area contributed by atoms with E-state index in [-0.39, 0.29) is 83.9 Å². The average molecular weight is 1170 g/mol. The molecule has 4 fully saturated rings. The molecule has 6 heterocycles. The lowest BCUT2D eigenvalue weighted by Crippen LogP contribution is -2.72. The minimum absolute atomic E-state index is 0.0354. The van der Waals surface area contributed by atoms with E-state index in [1.807, 2.05) is 60.6 Å². The number of cyclic esters (lactones) is 1. The van der Waals surface area contributed by atoms with E-state index in [0.717, 1.165) is 11.1 Å². The lowest BCUT2D eigenvalue weighted by Gasteiger charge is -2.56. The van der Waals surface area contributed by atoms with Crippen molar-refractivity contribution in [2.45, 2.75) is 153 Å². The summed E-state index contributed by atoms with van der Waals surface area (Å²) >= 11 is 0. The molecule has 13 rings (SSSR count). The van der Waals surface area contributed by atoms with Crippen LogP contribution in [0.25, 0.3) is 6.08 Å². The van der Waals surface area contributed by atoms with Crippen molar-refractivity contribution in [2.24, 2.45) is 23.7 Å². The summed E-state index contributed by atoms with van der Waals surface area (Å²) in [4.78, 5) is 60.8. The van der Waals surface area contributed by atoms with Gasteiger partial charge in [0.05, 0.1) is 50.6 Å². The summed E-state index contributed by atoms with van der Waals surface area (Å²) in [5.74, 6) is -4.27. The van der Waals surface area contributed by atoms with Crippen molar-refractivity contribution < 1.29 is 92.1 Å². The largest absolute Gasteiger partial charge is 0.502 e. The fourth-order valence-corrected chi connectivity index (χ4v) is 14.7. The number of ether oxygens (including phenoxy) is 10. The summed E-state index contributed by atoms with van der Waals surface area (Å²) in [6.07, 6.45) is 4.10. The molecule has 1 saturated carbocycles. The number of methoxy groups -OCH3 is 2. The van der Waals surface area contributed by atoms with Crippen molar-refractivity contribution >= 4 is 29.5 Å². The van der Waals surface area contributed by atoms with Crippen molar-refractivity contribution in [2.75, 3.05) is 34.2 Å². The van der Waals surface area contributed by atoms with Gasteiger partial charge in [-0.1, -0.05) is 35.5 Å². The minimum atomic E-state index is -1.89. The number of allylic oxidation sites excluding steroid dienone is 5. The van der Waals surface area contributed by atoms with Crippen LogP contribution in [-0.2, 0) is 35.0 Å². The monoisotopic (exact) mass is 1170 g/mol. The average Bonchev–Trinajstić information content (AvgIpc) is 1.56. The number of fused-ring (bicyclic) bond motifs is 5. The molecule has 6 aliphatic heterocycles. The first-order valence-corrected chi connectivity index (χ1v) is 29.0. The molecule has 0 radical (unpaired) electrons. The zero-order valence-corrected chi connectivity index (χ0v) is 49.2. The molecule has 0 aromatic heterocycles. The third-order valence-electron chi connectivity index (χ3n) is 18.9. The van der Waals surface area contributed by atoms with Crippen LogP contribution >= 0.6 is 0 Å². The number of amides is 1. The van der Waals surface area contributed by atoms with E-state index >= 15 is 14.4 Å². The second-order valence-corrected chi connectivity index (χ2v) is 25.1. The number of hydrogen-bond donors (Lipinski definition) is 6. The Labute approximate surface area is 491 Å². The number of aliphatic hydroxyl groups excluding tert-OH is 4. The first-order chi connectivity index (χ1) is 40.4. The van der Waals surface area contributed by atoms with Gasteiger partial charge in [0, 0.05) is 46.8 Å². The number of carbonyl (C=O) groups is 4. The van der Waals surface area contributed by atoms with E-state index in [1.54, 1.807) is 49.4 Å². The highest BCUT2D eigenvalue weighted by Gasteiger charge is 2.81. The van der Waals surface area contributed by atoms with Gasteiger partial charge in [-0.2, -0.15) is 0 Å². The smallest absolute Gasteiger partial charge is 0.310 e. The van der Waals surface area contributed by atoms with Crippen LogP contribution in [0, 0.1) is 23.7 Å². The molecule has 10 aliphatic rings. The predicted octanol–water partition coefficient (Wildman–Crippen LogP) is 6.87. The predicted molar refractivity (Wildman–Crippen MR) is 304 cm³/mol. The van der Waals surface area contributed by atoms with Crippen LogP contribution in [0.15, 0.2) is 76.9 Å². The summed E-state index contributed by atoms with van der Waals surface area (Å²) < 4.78 is 63.0. The molecule has 4 aliphatic carbocycles. The maximum Gasteiger partial charge on any atom is 0.310 e. The molecule has 1 amide bonds. The number of phenols is 1. The van der Waals surface area contributed by atoms with Crippen molar-refractivity contribution in [3.8, 4) is 46.0 Å². The van der Waals surface area contributed by atoms with Gasteiger partial charge in [0.1, 0.15) is 52.8 Å². The van der Waals surface area contributed by atoms with Crippen LogP contribution in [-0.4, -0.2) is 136 Å². The standard InChI is InChI=1S/C65H73NO19/c1-29(2)12-11-17-63(8)18-16-35-55(83-63)34(14-13-30(3)4)57-48(56(35)82-61-54(72)53(71)52(70)44(26-67)81-61)50(68)39-20-33-23-45-62(6,7)85-64(58(33)73,65(39,45)84-57)19-15-31(5)59(74)66-49-37-25-41-40(79-28-80-41)24-36(37)46(47-38(49)27-78-60(47)75)32-21-42(76-9)51(69)43(22-32)77-10/h12-13,15-16,18,20-22,24-25,33,38,44-47,49,52-54,61,67,69-72H,11,14,17,19,23,26-28H2,1-10H3,(H,66,74)/b31-15-/t33?,38?,44-,45?,46?,47?,49?,52-,53-,54-,61+,63?,64?,65?/m1/s1. The molecule has 6 N–H and O–H groups in total. The summed E-state index contributed by atoms with van der Waals surface area (Å²) in [6, 6.07) is 6.07. The van der Waals surface area contributed by atoms with Gasteiger partial charge in [-0.25, -0.2) is 0 Å². The highest BCUT2D eigenvalue weighted by Crippen LogP contribution is 2.69. The molecule has 9 unspecified atom stereocenters. The Morgan fingerprint density at radius 1 is 0.847 bits per heavy atom. The van der Waals surface area contributed by atoms with Gasteiger partial charge in [0.15, 0.2) is 45.8 Å². The molecule has 14 atom stereocenters. The van der Waals surface area contributed by atoms with Crippen LogP contribution in [0.5, 0.6) is 46.0 Å². The number of benzene rings is 3. The molecule has 20 heteroatoms. The zero-order chi connectivity index (χ0) is 60.6. The van der Waals surface area contributed by atoms with Crippen molar-refractivity contribution in [1.29, 1.82) is 0 Å². The number of phenolic OH excluding ortho intramolecular Hbond substituents is 1. The van der Waals surface area contributed by atoms with Gasteiger partial charge in [-0.15, -0.1) is 0 Å². The van der Waals surface area contributed by atoms with Crippen LogP contribution in [0.2, 0.25) is 0 Å². The lowest BCUT2D eigenvalue weighted by molar-refractivity contribution is -0.277. The van der Waals surface area contributed by atoms with E-state index in [1.165, 1.54) is 14.2 Å². The number of nitrogens with one attached hydrogen (secondary N) is 1. The lowest BCUT2D eigenvalue weighted by atomic mass is 9.51. The number of Topliss-reactive ketones (excluding diaryl/α,β-unsaturated/α-hetero) is 2. The molecule has 4 bridgehead atoms. The van der Waals surface area contributed by atoms with Gasteiger partial charge in [-0.3, -0.25) is 19.2 Å². The molecule has 3 aromatic carbocycles. The van der Waals surface area contributed by atoms with Crippen molar-refractivity contribution in [3.05, 3.63) is 110 Å². The van der Waals surface area contributed by atoms with Crippen molar-refractivity contribution in [3.63, 3.8) is 0 Å². The molecule has 3 saturated heterocycles. The van der Waals surface area contributed by atoms with Crippen LogP contribution in [0.1, 0.15) is 131 Å². The zero-order valence-electron chi connectivity index (χ0n) is 49.2. The SMILES string of the molecule is COc1cc(C2c3cc4c(cc3C(NC(=O)/C(C)=C\CC35OC(C)(C)C6CC(C=C7C(=O)c8c(O[C@@H]9O[C@H](CO)[C@@H](O)[C@@H](O)[C@H]9O)c9c(c(CC=C(C)C)c8OC763)OC(C)(CCC=C(C)C)C=C9)C5=O)C3COC(=O)C23)OCO4)cc(OC)c1O. The molecule has 452 valence electrons. The second-order valence-electron chi connectivity index (χ2n) is 25.1. The molecular formula is C65H73NO19. The minimum Gasteiger partial charge on any atom is -0.502 e. The number of aliphatic hydroxyl groups is 4. The fraction of sp³-hybridized carbons (Fsp3) is 0.508. The number of hydrogen-bond acceptors (Lipinski definition) is 19. The maximum atomic E-state index is 16.2. The Bertz CT molecular complexity index is 3470. The Balaban J connectivity index is 0.957. The molecule has 85 heavy (non-hydrogen) atoms. The Morgan fingerprint density at radius 2 is 1.54 bits per heavy atom. The quantitative estimate of drug-likeness (QED) is 0.0514. The number of aromatic hydroxyl groups is 1. The number of carbonyl (C=O) groups excluding carboxylic acids is 4. The van der Waals surface area contributed by atoms with Gasteiger partial charge in [-0.05, 0) is 134 Å². The highest BCUT2D eigenvalue weighted by molar-refractivity contribution is 6.19. The normalized spacial score (nSPS) is 33.0. The first kappa shape index (κ1) is 58.2. The summed E-state index contributed by atoms with van der Waals surface area (Å²) in [7, 11) is 2.83. The van der Waals surface area contributed by atoms with E-state index in [4.69, 9.17) is 47.4 Å². The summed E-state index contributed by atoms with van der Waals surface area (Å²) in [5.41, 5.74) is -0.668. The van der Waals surface area contributed by atoms with Gasteiger partial charge >= 0.3 is 5.97 Å². The van der Waals surface area contributed by atoms with Crippen LogP contribution < -0.4 is 38.5 Å². The number of rotatable bonds is 15. The molecule has 1 spiro atoms. The van der Waals surface area contributed by atoms with Crippen molar-refractivity contribution in [1.82, 2.24) is 5.32 Å². The summed E-state index contributed by atoms with van der Waals surface area (Å²) in [5, 5.41) is 57.6. The topological polar surface area (TPSA) is 274 Å². The highest BCUT2D eigenvalue weighted by atomic mass is 16.7. The number of esters is 1. The molecular weight excluding hydrogens is 1100 g/mol. The third-order valence-corrected chi connectivity index (χ3v) is 18.9. The summed E-state index contributed by atoms with van der Waals surface area (Å²) in [6.45, 7) is 14.4. The third kappa shape index (κ3) is 8.98. The fourth-order valence-electron chi connectivity index (χ4n) is 14.7. The Kier molecular flexibility index (Phi) is 14.4. The first-order valence-electron chi connectivity index (χ1n) is 29.0. The van der Waals surface area contributed by atoms with Gasteiger partial charge in [0.25, 0.3) is 0 Å². The van der Waals surface area contributed by atoms with E-state index in [9.17, 15) is 30.3 Å².